The normalized spacial score (nSPS) is 16.3. The molecule has 1 fully saturated rings. The molecule has 104 valence electrons. The molecule has 0 aromatic heterocycles. The highest BCUT2D eigenvalue weighted by atomic mass is 16.2. The molecule has 2 rings (SSSR count). The largest absolute Gasteiger partial charge is 0.378 e. The van der Waals surface area contributed by atoms with Gasteiger partial charge in [0.2, 0.25) is 0 Å². The zero-order valence-electron chi connectivity index (χ0n) is 12.0. The van der Waals surface area contributed by atoms with Crippen LogP contribution in [0.5, 0.6) is 0 Å². The Balaban J connectivity index is 1.97. The Morgan fingerprint density at radius 3 is 2.63 bits per heavy atom. The molecule has 4 heteroatoms. The van der Waals surface area contributed by atoms with Gasteiger partial charge >= 0.3 is 6.03 Å². The average Bonchev–Trinajstić information content (AvgIpc) is 2.39. The van der Waals surface area contributed by atoms with Gasteiger partial charge in [-0.3, -0.25) is 0 Å². The Morgan fingerprint density at radius 2 is 2.00 bits per heavy atom. The lowest BCUT2D eigenvalue weighted by atomic mass is 10.00. The highest BCUT2D eigenvalue weighted by molar-refractivity contribution is 5.90. The van der Waals surface area contributed by atoms with Gasteiger partial charge in [-0.2, -0.15) is 0 Å². The van der Waals surface area contributed by atoms with E-state index in [1.54, 1.807) is 0 Å². The predicted octanol–water partition coefficient (Wildman–Crippen LogP) is 3.02. The number of nitrogens with zero attached hydrogens (tertiary/aromatic N) is 2. The molecule has 0 aliphatic carbocycles. The Kier molecular flexibility index (Phi) is 4.30. The molecular formula is C15H23N3O. The molecule has 0 unspecified atom stereocenters. The van der Waals surface area contributed by atoms with Gasteiger partial charge in [-0.05, 0) is 37.0 Å². The van der Waals surface area contributed by atoms with E-state index in [9.17, 15) is 4.79 Å². The van der Waals surface area contributed by atoms with Crippen LogP contribution in [0.3, 0.4) is 0 Å². The van der Waals surface area contributed by atoms with E-state index in [2.05, 4.69) is 12.2 Å². The summed E-state index contributed by atoms with van der Waals surface area (Å²) in [6, 6.07) is 7.92. The second kappa shape index (κ2) is 5.95. The monoisotopic (exact) mass is 261 g/mol. The lowest BCUT2D eigenvalue weighted by Crippen LogP contribution is -2.40. The zero-order chi connectivity index (χ0) is 13.8. The number of benzene rings is 1. The summed E-state index contributed by atoms with van der Waals surface area (Å²) in [5, 5.41) is 2.98. The molecule has 0 saturated carbocycles. The second-order valence-electron chi connectivity index (χ2n) is 5.54. The van der Waals surface area contributed by atoms with Gasteiger partial charge in [-0.1, -0.05) is 13.0 Å². The SMILES string of the molecule is CC1CCN(C(=O)Nc2cccc(N(C)C)c2)CC1. The highest BCUT2D eigenvalue weighted by Gasteiger charge is 2.20. The molecule has 0 spiro atoms. The number of carbonyl (C=O) groups excluding carboxylic acids is 1. The minimum atomic E-state index is 0.0165. The molecule has 1 heterocycles. The Morgan fingerprint density at radius 1 is 1.32 bits per heavy atom. The molecule has 0 atom stereocenters. The summed E-state index contributed by atoms with van der Waals surface area (Å²) < 4.78 is 0. The van der Waals surface area contributed by atoms with E-state index in [-0.39, 0.29) is 6.03 Å². The van der Waals surface area contributed by atoms with Crippen LogP contribution in [0, 0.1) is 5.92 Å². The van der Waals surface area contributed by atoms with E-state index < -0.39 is 0 Å². The van der Waals surface area contributed by atoms with E-state index in [0.717, 1.165) is 43.2 Å². The molecule has 4 nitrogen and oxygen atoms in total. The number of rotatable bonds is 2. The molecule has 0 radical (unpaired) electrons. The average molecular weight is 261 g/mol. The van der Waals surface area contributed by atoms with Crippen molar-refractivity contribution in [1.29, 1.82) is 0 Å². The molecule has 1 aliphatic rings. The van der Waals surface area contributed by atoms with Gasteiger partial charge in [0.1, 0.15) is 0 Å². The van der Waals surface area contributed by atoms with Gasteiger partial charge in [0.25, 0.3) is 0 Å². The van der Waals surface area contributed by atoms with Gasteiger partial charge < -0.3 is 15.1 Å². The number of hydrogen-bond acceptors (Lipinski definition) is 2. The summed E-state index contributed by atoms with van der Waals surface area (Å²) in [6.07, 6.45) is 2.20. The third kappa shape index (κ3) is 3.63. The smallest absolute Gasteiger partial charge is 0.321 e. The Bertz CT molecular complexity index is 437. The summed E-state index contributed by atoms with van der Waals surface area (Å²) in [5.41, 5.74) is 1.94. The van der Waals surface area contributed by atoms with Crippen molar-refractivity contribution in [1.82, 2.24) is 4.90 Å². The molecule has 1 saturated heterocycles. The van der Waals surface area contributed by atoms with Crippen molar-refractivity contribution in [2.75, 3.05) is 37.4 Å². The van der Waals surface area contributed by atoms with Crippen molar-refractivity contribution in [2.45, 2.75) is 19.8 Å². The number of carbonyl (C=O) groups is 1. The summed E-state index contributed by atoms with van der Waals surface area (Å²) >= 11 is 0. The van der Waals surface area contributed by atoms with E-state index in [4.69, 9.17) is 0 Å². The lowest BCUT2D eigenvalue weighted by Gasteiger charge is -2.30. The number of anilines is 2. The predicted molar refractivity (Wildman–Crippen MR) is 79.8 cm³/mol. The van der Waals surface area contributed by atoms with Crippen molar-refractivity contribution in [3.63, 3.8) is 0 Å². The summed E-state index contributed by atoms with van der Waals surface area (Å²) in [4.78, 5) is 16.1. The van der Waals surface area contributed by atoms with Crippen LogP contribution in [0.2, 0.25) is 0 Å². The molecule has 19 heavy (non-hydrogen) atoms. The van der Waals surface area contributed by atoms with Crippen LogP contribution in [0.1, 0.15) is 19.8 Å². The third-order valence-electron chi connectivity index (χ3n) is 3.68. The summed E-state index contributed by atoms with van der Waals surface area (Å²) in [6.45, 7) is 3.97. The fourth-order valence-corrected chi connectivity index (χ4v) is 2.28. The Labute approximate surface area is 115 Å². The van der Waals surface area contributed by atoms with E-state index >= 15 is 0 Å². The molecular weight excluding hydrogens is 238 g/mol. The van der Waals surface area contributed by atoms with Crippen molar-refractivity contribution in [3.05, 3.63) is 24.3 Å². The number of likely N-dealkylation sites (tertiary alicyclic amines) is 1. The van der Waals surface area contributed by atoms with Crippen molar-refractivity contribution >= 4 is 17.4 Å². The molecule has 1 aromatic carbocycles. The molecule has 1 aromatic rings. The van der Waals surface area contributed by atoms with Gasteiger partial charge in [-0.15, -0.1) is 0 Å². The van der Waals surface area contributed by atoms with Crippen molar-refractivity contribution in [2.24, 2.45) is 5.92 Å². The maximum absolute atomic E-state index is 12.2. The minimum Gasteiger partial charge on any atom is -0.378 e. The summed E-state index contributed by atoms with van der Waals surface area (Å²) in [5.74, 6) is 0.737. The molecule has 2 amide bonds. The van der Waals surface area contributed by atoms with E-state index in [1.807, 2.05) is 48.2 Å². The van der Waals surface area contributed by atoms with Crippen LogP contribution >= 0.6 is 0 Å². The number of amides is 2. The highest BCUT2D eigenvalue weighted by Crippen LogP contribution is 2.20. The first-order valence-electron chi connectivity index (χ1n) is 6.89. The van der Waals surface area contributed by atoms with Gasteiger partial charge in [0.05, 0.1) is 0 Å². The minimum absolute atomic E-state index is 0.0165. The van der Waals surface area contributed by atoms with E-state index in [0.29, 0.717) is 0 Å². The van der Waals surface area contributed by atoms with Gasteiger partial charge in [-0.25, -0.2) is 4.79 Å². The number of nitrogens with one attached hydrogen (secondary N) is 1. The maximum atomic E-state index is 12.2. The first kappa shape index (κ1) is 13.7. The quantitative estimate of drug-likeness (QED) is 0.888. The first-order valence-corrected chi connectivity index (χ1v) is 6.89. The molecule has 0 bridgehead atoms. The van der Waals surface area contributed by atoms with E-state index in [1.165, 1.54) is 0 Å². The Hall–Kier alpha value is -1.71. The maximum Gasteiger partial charge on any atom is 0.321 e. The summed E-state index contributed by atoms with van der Waals surface area (Å²) in [7, 11) is 3.99. The van der Waals surface area contributed by atoms with Gasteiger partial charge in [0.15, 0.2) is 0 Å². The molecule has 1 aliphatic heterocycles. The van der Waals surface area contributed by atoms with Crippen molar-refractivity contribution < 1.29 is 4.79 Å². The van der Waals surface area contributed by atoms with Crippen LogP contribution in [0.4, 0.5) is 16.2 Å². The van der Waals surface area contributed by atoms with Crippen LogP contribution < -0.4 is 10.2 Å². The lowest BCUT2D eigenvalue weighted by molar-refractivity contribution is 0.186. The van der Waals surface area contributed by atoms with Crippen LogP contribution in [-0.4, -0.2) is 38.1 Å². The van der Waals surface area contributed by atoms with Gasteiger partial charge in [0, 0.05) is 38.6 Å². The first-order chi connectivity index (χ1) is 9.06. The fourth-order valence-electron chi connectivity index (χ4n) is 2.28. The fraction of sp³-hybridized carbons (Fsp3) is 0.533. The second-order valence-corrected chi connectivity index (χ2v) is 5.54. The standard InChI is InChI=1S/C15H23N3O/c1-12-7-9-18(10-8-12)15(19)16-13-5-4-6-14(11-13)17(2)3/h4-6,11-12H,7-10H2,1-3H3,(H,16,19). The number of hydrogen-bond donors (Lipinski definition) is 1. The number of piperidine rings is 1. The van der Waals surface area contributed by atoms with Crippen LogP contribution in [0.25, 0.3) is 0 Å². The molecule has 1 N–H and O–H groups in total. The topological polar surface area (TPSA) is 35.6 Å². The van der Waals surface area contributed by atoms with Crippen molar-refractivity contribution in [3.8, 4) is 0 Å². The third-order valence-corrected chi connectivity index (χ3v) is 3.68. The van der Waals surface area contributed by atoms with Crippen LogP contribution in [0.15, 0.2) is 24.3 Å². The van der Waals surface area contributed by atoms with Crippen LogP contribution in [-0.2, 0) is 0 Å². The zero-order valence-corrected chi connectivity index (χ0v) is 12.0. The number of urea groups is 1.